The van der Waals surface area contributed by atoms with E-state index in [9.17, 15) is 0 Å². The van der Waals surface area contributed by atoms with Crippen molar-refractivity contribution in [2.45, 2.75) is 32.9 Å². The van der Waals surface area contributed by atoms with Gasteiger partial charge in [0.1, 0.15) is 5.75 Å². The van der Waals surface area contributed by atoms with Crippen molar-refractivity contribution in [2.75, 3.05) is 7.11 Å². The minimum atomic E-state index is 0.295. The zero-order valence-electron chi connectivity index (χ0n) is 13.3. The van der Waals surface area contributed by atoms with Crippen LogP contribution in [0.15, 0.2) is 54.6 Å². The number of nitrogens with one attached hydrogen (secondary N) is 1. The highest BCUT2D eigenvalue weighted by Gasteiger charge is 2.18. The lowest BCUT2D eigenvalue weighted by atomic mass is 9.94. The van der Waals surface area contributed by atoms with Crippen LogP contribution in [0.3, 0.4) is 0 Å². The molecular formula is C19H25NO. The average Bonchev–Trinajstić information content (AvgIpc) is 2.53. The average molecular weight is 283 g/mol. The van der Waals surface area contributed by atoms with Gasteiger partial charge in [0.15, 0.2) is 0 Å². The largest absolute Gasteiger partial charge is 0.497 e. The summed E-state index contributed by atoms with van der Waals surface area (Å²) in [6, 6.07) is 19.6. The Bertz CT molecular complexity index is 533. The Hall–Kier alpha value is -1.80. The second kappa shape index (κ2) is 7.28. The molecule has 21 heavy (non-hydrogen) atoms. The molecule has 0 aliphatic carbocycles. The van der Waals surface area contributed by atoms with Gasteiger partial charge in [-0.05, 0) is 36.1 Å². The maximum Gasteiger partial charge on any atom is 0.118 e. The second-order valence-corrected chi connectivity index (χ2v) is 5.79. The Morgan fingerprint density at radius 1 is 0.810 bits per heavy atom. The number of hydrogen-bond acceptors (Lipinski definition) is 2. The van der Waals surface area contributed by atoms with Crippen molar-refractivity contribution in [2.24, 2.45) is 5.92 Å². The Morgan fingerprint density at radius 2 is 1.43 bits per heavy atom. The third-order valence-electron chi connectivity index (χ3n) is 3.87. The Labute approximate surface area is 128 Å². The second-order valence-electron chi connectivity index (χ2n) is 5.79. The summed E-state index contributed by atoms with van der Waals surface area (Å²) in [5, 5.41) is 3.75. The highest BCUT2D eigenvalue weighted by atomic mass is 16.5. The molecule has 2 atom stereocenters. The van der Waals surface area contributed by atoms with Crippen LogP contribution in [0.1, 0.15) is 44.0 Å². The number of ether oxygens (including phenoxy) is 1. The maximum absolute atomic E-state index is 5.22. The van der Waals surface area contributed by atoms with Gasteiger partial charge in [0.25, 0.3) is 0 Å². The topological polar surface area (TPSA) is 21.3 Å². The molecule has 0 aromatic heterocycles. The number of hydrogen-bond donors (Lipinski definition) is 1. The van der Waals surface area contributed by atoms with Crippen LogP contribution in [0.4, 0.5) is 0 Å². The van der Waals surface area contributed by atoms with Crippen molar-refractivity contribution in [3.8, 4) is 5.75 Å². The Kier molecular flexibility index (Phi) is 5.40. The van der Waals surface area contributed by atoms with E-state index in [1.54, 1.807) is 7.11 Å². The molecule has 0 saturated carbocycles. The van der Waals surface area contributed by atoms with Gasteiger partial charge >= 0.3 is 0 Å². The van der Waals surface area contributed by atoms with Crippen LogP contribution in [-0.2, 0) is 0 Å². The molecule has 112 valence electrons. The van der Waals surface area contributed by atoms with Crippen LogP contribution in [0.25, 0.3) is 0 Å². The summed E-state index contributed by atoms with van der Waals surface area (Å²) in [5.74, 6) is 1.43. The van der Waals surface area contributed by atoms with E-state index >= 15 is 0 Å². The lowest BCUT2D eigenvalue weighted by molar-refractivity contribution is 0.374. The molecular weight excluding hydrogens is 258 g/mol. The van der Waals surface area contributed by atoms with Crippen molar-refractivity contribution in [1.82, 2.24) is 5.32 Å². The number of benzene rings is 2. The molecule has 0 aliphatic heterocycles. The van der Waals surface area contributed by atoms with Gasteiger partial charge in [-0.3, -0.25) is 0 Å². The molecule has 0 aliphatic rings. The normalized spacial score (nSPS) is 14.0. The third-order valence-corrected chi connectivity index (χ3v) is 3.87. The SMILES string of the molecule is COc1ccc([C@@H](C)NC(c2ccccc2)C(C)C)cc1. The lowest BCUT2D eigenvalue weighted by Gasteiger charge is -2.27. The van der Waals surface area contributed by atoms with Crippen LogP contribution < -0.4 is 10.1 Å². The van der Waals surface area contributed by atoms with Crippen LogP contribution >= 0.6 is 0 Å². The molecule has 2 heteroatoms. The van der Waals surface area contributed by atoms with Crippen LogP contribution in [-0.4, -0.2) is 7.11 Å². The molecule has 2 rings (SSSR count). The molecule has 0 spiro atoms. The van der Waals surface area contributed by atoms with Gasteiger partial charge < -0.3 is 10.1 Å². The summed E-state index contributed by atoms with van der Waals surface area (Å²) >= 11 is 0. The lowest BCUT2D eigenvalue weighted by Crippen LogP contribution is -2.28. The van der Waals surface area contributed by atoms with E-state index in [0.717, 1.165) is 5.75 Å². The third kappa shape index (κ3) is 4.08. The number of rotatable bonds is 6. The fourth-order valence-corrected chi connectivity index (χ4v) is 2.59. The first kappa shape index (κ1) is 15.6. The maximum atomic E-state index is 5.22. The van der Waals surface area contributed by atoms with Crippen LogP contribution in [0.2, 0.25) is 0 Å². The highest BCUT2D eigenvalue weighted by Crippen LogP contribution is 2.26. The first-order chi connectivity index (χ1) is 10.1. The van der Waals surface area contributed by atoms with Crippen molar-refractivity contribution in [1.29, 1.82) is 0 Å². The van der Waals surface area contributed by atoms with Gasteiger partial charge in [0.2, 0.25) is 0 Å². The molecule has 0 heterocycles. The van der Waals surface area contributed by atoms with Crippen molar-refractivity contribution >= 4 is 0 Å². The Balaban J connectivity index is 2.12. The predicted molar refractivity (Wildman–Crippen MR) is 88.6 cm³/mol. The van der Waals surface area contributed by atoms with E-state index < -0.39 is 0 Å². The monoisotopic (exact) mass is 283 g/mol. The van der Waals surface area contributed by atoms with Crippen molar-refractivity contribution in [3.63, 3.8) is 0 Å². The van der Waals surface area contributed by atoms with Crippen LogP contribution in [0, 0.1) is 5.92 Å². The Morgan fingerprint density at radius 3 is 1.95 bits per heavy atom. The molecule has 1 unspecified atom stereocenters. The van der Waals surface area contributed by atoms with Crippen LogP contribution in [0.5, 0.6) is 5.75 Å². The molecule has 2 aromatic carbocycles. The van der Waals surface area contributed by atoms with E-state index in [0.29, 0.717) is 18.0 Å². The van der Waals surface area contributed by atoms with E-state index in [-0.39, 0.29) is 0 Å². The van der Waals surface area contributed by atoms with E-state index in [4.69, 9.17) is 4.74 Å². The number of methoxy groups -OCH3 is 1. The zero-order chi connectivity index (χ0) is 15.2. The summed E-state index contributed by atoms with van der Waals surface area (Å²) in [6.45, 7) is 6.72. The first-order valence-corrected chi connectivity index (χ1v) is 7.56. The van der Waals surface area contributed by atoms with Crippen molar-refractivity contribution in [3.05, 3.63) is 65.7 Å². The summed E-state index contributed by atoms with van der Waals surface area (Å²) in [6.07, 6.45) is 0. The summed E-state index contributed by atoms with van der Waals surface area (Å²) in [4.78, 5) is 0. The summed E-state index contributed by atoms with van der Waals surface area (Å²) in [7, 11) is 1.70. The van der Waals surface area contributed by atoms with Gasteiger partial charge in [0.05, 0.1) is 7.11 Å². The molecule has 0 fully saturated rings. The molecule has 2 aromatic rings. The fraction of sp³-hybridized carbons (Fsp3) is 0.368. The molecule has 1 N–H and O–H groups in total. The smallest absolute Gasteiger partial charge is 0.118 e. The van der Waals surface area contributed by atoms with E-state index in [2.05, 4.69) is 68.6 Å². The van der Waals surface area contributed by atoms with Gasteiger partial charge in [-0.2, -0.15) is 0 Å². The molecule has 0 amide bonds. The standard InChI is InChI=1S/C19H25NO/c1-14(2)19(17-8-6-5-7-9-17)20-15(3)16-10-12-18(21-4)13-11-16/h5-15,19-20H,1-4H3/t15-,19?/m1/s1. The minimum Gasteiger partial charge on any atom is -0.497 e. The van der Waals surface area contributed by atoms with Gasteiger partial charge in [-0.25, -0.2) is 0 Å². The summed E-state index contributed by atoms with van der Waals surface area (Å²) in [5.41, 5.74) is 2.62. The highest BCUT2D eigenvalue weighted by molar-refractivity contribution is 5.29. The summed E-state index contributed by atoms with van der Waals surface area (Å²) < 4.78 is 5.22. The molecule has 2 nitrogen and oxygen atoms in total. The van der Waals surface area contributed by atoms with Gasteiger partial charge in [0, 0.05) is 12.1 Å². The quantitative estimate of drug-likeness (QED) is 0.826. The van der Waals surface area contributed by atoms with Crippen molar-refractivity contribution < 1.29 is 4.74 Å². The van der Waals surface area contributed by atoms with E-state index in [1.165, 1.54) is 11.1 Å². The molecule has 0 bridgehead atoms. The van der Waals surface area contributed by atoms with Gasteiger partial charge in [-0.15, -0.1) is 0 Å². The minimum absolute atomic E-state index is 0.295. The predicted octanol–water partition coefficient (Wildman–Crippen LogP) is 4.74. The first-order valence-electron chi connectivity index (χ1n) is 7.56. The molecule has 0 saturated heterocycles. The zero-order valence-corrected chi connectivity index (χ0v) is 13.3. The van der Waals surface area contributed by atoms with E-state index in [1.807, 2.05) is 12.1 Å². The van der Waals surface area contributed by atoms with Gasteiger partial charge in [-0.1, -0.05) is 56.3 Å². The fourth-order valence-electron chi connectivity index (χ4n) is 2.59. The molecule has 0 radical (unpaired) electrons.